The molecule has 0 aliphatic heterocycles. The largest absolute Gasteiger partial charge is 0.497 e. The second kappa shape index (κ2) is 8.99. The number of aromatic amines is 1. The molecule has 0 spiro atoms. The molecule has 0 radical (unpaired) electrons. The zero-order valence-electron chi connectivity index (χ0n) is 16.9. The van der Waals surface area contributed by atoms with E-state index in [1.807, 2.05) is 0 Å². The molecule has 0 aliphatic rings. The average Bonchev–Trinajstić information content (AvgIpc) is 3.20. The molecule has 3 N–H and O–H groups in total. The van der Waals surface area contributed by atoms with E-state index in [9.17, 15) is 9.59 Å². The van der Waals surface area contributed by atoms with Crippen LogP contribution in [0.3, 0.4) is 0 Å². The first-order valence-electron chi connectivity index (χ1n) is 9.54. The SMILES string of the molecule is COc1ccc2nc(C(=O)Nc3ccc(Oc4ccc(CC(=O)O)cc4Cl)cc3)[nH]c2c1. The monoisotopic (exact) mass is 451 g/mol. The minimum Gasteiger partial charge on any atom is -0.497 e. The summed E-state index contributed by atoms with van der Waals surface area (Å²) in [6, 6.07) is 16.9. The highest BCUT2D eigenvalue weighted by Crippen LogP contribution is 2.31. The Hall–Kier alpha value is -4.04. The summed E-state index contributed by atoms with van der Waals surface area (Å²) in [4.78, 5) is 30.6. The van der Waals surface area contributed by atoms with Crippen molar-refractivity contribution < 1.29 is 24.2 Å². The molecule has 0 saturated carbocycles. The van der Waals surface area contributed by atoms with Gasteiger partial charge in [-0.15, -0.1) is 0 Å². The number of nitrogens with zero attached hydrogens (tertiary/aromatic N) is 1. The first-order valence-corrected chi connectivity index (χ1v) is 9.92. The molecule has 4 aromatic rings. The van der Waals surface area contributed by atoms with Gasteiger partial charge in [-0.2, -0.15) is 0 Å². The number of halogens is 1. The quantitative estimate of drug-likeness (QED) is 0.368. The van der Waals surface area contributed by atoms with E-state index in [4.69, 9.17) is 26.2 Å². The van der Waals surface area contributed by atoms with Gasteiger partial charge >= 0.3 is 5.97 Å². The second-order valence-electron chi connectivity index (χ2n) is 6.88. The molecule has 1 heterocycles. The van der Waals surface area contributed by atoms with Gasteiger partial charge in [-0.25, -0.2) is 4.98 Å². The molecule has 4 rings (SSSR count). The zero-order valence-corrected chi connectivity index (χ0v) is 17.6. The molecule has 1 amide bonds. The van der Waals surface area contributed by atoms with Crippen molar-refractivity contribution >= 4 is 40.2 Å². The highest BCUT2D eigenvalue weighted by Gasteiger charge is 2.13. The Bertz CT molecular complexity index is 1300. The van der Waals surface area contributed by atoms with Gasteiger partial charge in [0.1, 0.15) is 17.2 Å². The molecule has 0 aliphatic carbocycles. The Kier molecular flexibility index (Phi) is 5.96. The third kappa shape index (κ3) is 4.81. The van der Waals surface area contributed by atoms with Gasteiger partial charge in [-0.1, -0.05) is 17.7 Å². The van der Waals surface area contributed by atoms with E-state index in [1.54, 1.807) is 67.8 Å². The number of fused-ring (bicyclic) bond motifs is 1. The number of nitrogens with one attached hydrogen (secondary N) is 2. The summed E-state index contributed by atoms with van der Waals surface area (Å²) in [5.41, 5.74) is 2.50. The Morgan fingerprint density at radius 3 is 2.50 bits per heavy atom. The molecule has 3 aromatic carbocycles. The second-order valence-corrected chi connectivity index (χ2v) is 7.29. The number of hydrogen-bond donors (Lipinski definition) is 3. The van der Waals surface area contributed by atoms with Crippen molar-refractivity contribution in [2.24, 2.45) is 0 Å². The van der Waals surface area contributed by atoms with Crippen LogP contribution in [0.5, 0.6) is 17.2 Å². The Balaban J connectivity index is 1.42. The van der Waals surface area contributed by atoms with Gasteiger partial charge in [0, 0.05) is 11.8 Å². The van der Waals surface area contributed by atoms with Crippen LogP contribution in [-0.4, -0.2) is 34.1 Å². The van der Waals surface area contributed by atoms with Crippen molar-refractivity contribution in [3.8, 4) is 17.2 Å². The summed E-state index contributed by atoms with van der Waals surface area (Å²) in [7, 11) is 1.57. The maximum atomic E-state index is 12.5. The molecule has 162 valence electrons. The van der Waals surface area contributed by atoms with Crippen molar-refractivity contribution in [3.63, 3.8) is 0 Å². The fraction of sp³-hybridized carbons (Fsp3) is 0.0870. The molecule has 0 bridgehead atoms. The number of carboxylic acid groups (broad SMARTS) is 1. The summed E-state index contributed by atoms with van der Waals surface area (Å²) < 4.78 is 10.9. The smallest absolute Gasteiger partial charge is 0.307 e. The van der Waals surface area contributed by atoms with E-state index >= 15 is 0 Å². The van der Waals surface area contributed by atoms with Gasteiger partial charge in [-0.05, 0) is 54.1 Å². The maximum absolute atomic E-state index is 12.5. The van der Waals surface area contributed by atoms with Gasteiger partial charge in [0.15, 0.2) is 5.82 Å². The van der Waals surface area contributed by atoms with Crippen LogP contribution in [0.1, 0.15) is 16.2 Å². The van der Waals surface area contributed by atoms with E-state index in [-0.39, 0.29) is 18.2 Å². The van der Waals surface area contributed by atoms with Crippen LogP contribution in [0.25, 0.3) is 11.0 Å². The van der Waals surface area contributed by atoms with Crippen molar-refractivity contribution in [1.82, 2.24) is 9.97 Å². The molecule has 0 atom stereocenters. The maximum Gasteiger partial charge on any atom is 0.307 e. The summed E-state index contributed by atoms with van der Waals surface area (Å²) >= 11 is 6.19. The summed E-state index contributed by atoms with van der Waals surface area (Å²) in [5.74, 6) is 0.435. The van der Waals surface area contributed by atoms with E-state index in [2.05, 4.69) is 15.3 Å². The van der Waals surface area contributed by atoms with Gasteiger partial charge in [0.2, 0.25) is 0 Å². The van der Waals surface area contributed by atoms with E-state index in [0.29, 0.717) is 44.6 Å². The minimum atomic E-state index is -0.935. The number of amides is 1. The first kappa shape index (κ1) is 21.2. The fourth-order valence-electron chi connectivity index (χ4n) is 3.06. The van der Waals surface area contributed by atoms with Crippen LogP contribution >= 0.6 is 11.6 Å². The number of carbonyl (C=O) groups is 2. The highest BCUT2D eigenvalue weighted by molar-refractivity contribution is 6.32. The average molecular weight is 452 g/mol. The molecule has 8 nitrogen and oxygen atoms in total. The lowest BCUT2D eigenvalue weighted by atomic mass is 10.1. The first-order chi connectivity index (χ1) is 15.4. The number of aliphatic carboxylic acids is 1. The summed E-state index contributed by atoms with van der Waals surface area (Å²) in [6.07, 6.45) is -0.118. The third-order valence-corrected chi connectivity index (χ3v) is 4.89. The molecule has 9 heteroatoms. The number of rotatable bonds is 7. The lowest BCUT2D eigenvalue weighted by molar-refractivity contribution is -0.136. The van der Waals surface area contributed by atoms with Gasteiger partial charge in [0.25, 0.3) is 5.91 Å². The lowest BCUT2D eigenvalue weighted by Gasteiger charge is -2.10. The van der Waals surface area contributed by atoms with Crippen molar-refractivity contribution in [2.75, 3.05) is 12.4 Å². The van der Waals surface area contributed by atoms with Crippen LogP contribution in [0.15, 0.2) is 60.7 Å². The van der Waals surface area contributed by atoms with Gasteiger partial charge in [0.05, 0.1) is 29.6 Å². The van der Waals surface area contributed by atoms with Crippen LogP contribution in [-0.2, 0) is 11.2 Å². The Morgan fingerprint density at radius 2 is 1.81 bits per heavy atom. The van der Waals surface area contributed by atoms with E-state index in [0.717, 1.165) is 0 Å². The summed E-state index contributed by atoms with van der Waals surface area (Å²) in [6.45, 7) is 0. The molecule has 32 heavy (non-hydrogen) atoms. The Morgan fingerprint density at radius 1 is 1.06 bits per heavy atom. The molecular formula is C23H18ClN3O5. The number of imidazole rings is 1. The Labute approximate surface area is 187 Å². The normalized spacial score (nSPS) is 10.7. The predicted molar refractivity (Wildman–Crippen MR) is 120 cm³/mol. The number of aromatic nitrogens is 2. The number of carbonyl (C=O) groups excluding carboxylic acids is 1. The van der Waals surface area contributed by atoms with Crippen LogP contribution in [0.2, 0.25) is 5.02 Å². The molecule has 1 aromatic heterocycles. The summed E-state index contributed by atoms with van der Waals surface area (Å²) in [5, 5.41) is 11.9. The topological polar surface area (TPSA) is 114 Å². The van der Waals surface area contributed by atoms with Crippen molar-refractivity contribution in [3.05, 3.63) is 77.1 Å². The molecular weight excluding hydrogens is 434 g/mol. The van der Waals surface area contributed by atoms with Crippen molar-refractivity contribution in [2.45, 2.75) is 6.42 Å². The predicted octanol–water partition coefficient (Wildman–Crippen LogP) is 4.90. The molecule has 0 saturated heterocycles. The van der Waals surface area contributed by atoms with Crippen LogP contribution < -0.4 is 14.8 Å². The third-order valence-electron chi connectivity index (χ3n) is 4.60. The number of ether oxygens (including phenoxy) is 2. The fourth-order valence-corrected chi connectivity index (χ4v) is 3.30. The van der Waals surface area contributed by atoms with E-state index in [1.165, 1.54) is 0 Å². The number of carboxylic acids is 1. The highest BCUT2D eigenvalue weighted by atomic mass is 35.5. The van der Waals surface area contributed by atoms with Crippen molar-refractivity contribution in [1.29, 1.82) is 0 Å². The number of methoxy groups -OCH3 is 1. The number of H-pyrrole nitrogens is 1. The van der Waals surface area contributed by atoms with Gasteiger partial charge < -0.3 is 24.9 Å². The number of benzene rings is 3. The van der Waals surface area contributed by atoms with Crippen LogP contribution in [0.4, 0.5) is 5.69 Å². The molecule has 0 fully saturated rings. The molecule has 0 unspecified atom stereocenters. The minimum absolute atomic E-state index is 0.118. The zero-order chi connectivity index (χ0) is 22.7. The number of hydrogen-bond acceptors (Lipinski definition) is 5. The lowest BCUT2D eigenvalue weighted by Crippen LogP contribution is -2.13. The standard InChI is InChI=1S/C23H18ClN3O5/c1-31-16-7-8-18-19(12-16)27-22(26-18)23(30)25-14-3-5-15(6-4-14)32-20-9-2-13(10-17(20)24)11-21(28)29/h2-10,12H,11H2,1H3,(H,25,30)(H,26,27)(H,28,29). The van der Waals surface area contributed by atoms with Crippen LogP contribution in [0, 0.1) is 0 Å². The van der Waals surface area contributed by atoms with E-state index < -0.39 is 5.97 Å². The van der Waals surface area contributed by atoms with Gasteiger partial charge in [-0.3, -0.25) is 9.59 Å². The number of anilines is 1.